The highest BCUT2D eigenvalue weighted by Crippen LogP contribution is 2.34. The third kappa shape index (κ3) is 6.25. The highest BCUT2D eigenvalue weighted by Gasteiger charge is 2.19. The molecule has 190 valence electrons. The molecule has 0 fully saturated rings. The van der Waals surface area contributed by atoms with Crippen LogP contribution in [0.4, 0.5) is 0 Å². The van der Waals surface area contributed by atoms with Crippen molar-refractivity contribution < 1.29 is 28.4 Å². The van der Waals surface area contributed by atoms with Crippen LogP contribution in [0.25, 0.3) is 0 Å². The Morgan fingerprint density at radius 1 is 0.838 bits per heavy atom. The van der Waals surface area contributed by atoms with Gasteiger partial charge in [0.15, 0.2) is 0 Å². The van der Waals surface area contributed by atoms with Crippen LogP contribution in [0.15, 0.2) is 73.3 Å². The maximum Gasteiger partial charge on any atom is 0.343 e. The minimum absolute atomic E-state index is 0.413. The quantitative estimate of drug-likeness (QED) is 0.192. The average molecular weight is 500 g/mol. The highest BCUT2D eigenvalue weighted by atomic mass is 16.5. The van der Waals surface area contributed by atoms with Gasteiger partial charge in [-0.15, -0.1) is 0 Å². The van der Waals surface area contributed by atoms with E-state index in [1.165, 1.54) is 0 Å². The van der Waals surface area contributed by atoms with Crippen molar-refractivity contribution in [1.29, 1.82) is 0 Å². The number of aromatic nitrogens is 2. The number of esters is 2. The number of nitrogens with zero attached hydrogens (tertiary/aromatic N) is 2. The second-order valence-electron chi connectivity index (χ2n) is 9.11. The van der Waals surface area contributed by atoms with Crippen LogP contribution in [0.3, 0.4) is 0 Å². The van der Waals surface area contributed by atoms with Crippen LogP contribution >= 0.6 is 0 Å². The first-order valence-electron chi connectivity index (χ1n) is 12.1. The van der Waals surface area contributed by atoms with E-state index in [9.17, 15) is 9.59 Å². The molecule has 0 aliphatic carbocycles. The van der Waals surface area contributed by atoms with Crippen molar-refractivity contribution in [2.24, 2.45) is 7.05 Å². The van der Waals surface area contributed by atoms with E-state index >= 15 is 0 Å². The Morgan fingerprint density at radius 3 is 2.08 bits per heavy atom. The molecular formula is C30H31N2O5+. The van der Waals surface area contributed by atoms with Crippen LogP contribution in [-0.2, 0) is 13.6 Å². The fraction of sp³-hybridized carbons (Fsp3) is 0.233. The summed E-state index contributed by atoms with van der Waals surface area (Å²) in [6.07, 6.45) is 5.93. The van der Waals surface area contributed by atoms with E-state index in [-0.39, 0.29) is 0 Å². The summed E-state index contributed by atoms with van der Waals surface area (Å²) in [5.41, 5.74) is 4.11. The minimum atomic E-state index is -0.471. The minimum Gasteiger partial charge on any atom is -0.489 e. The first-order valence-corrected chi connectivity index (χ1v) is 12.1. The molecule has 1 heterocycles. The number of ether oxygens (including phenoxy) is 3. The van der Waals surface area contributed by atoms with Gasteiger partial charge in [-0.2, -0.15) is 0 Å². The normalized spacial score (nSPS) is 10.7. The number of hydrogen-bond acceptors (Lipinski definition) is 5. The van der Waals surface area contributed by atoms with Crippen LogP contribution in [0.5, 0.6) is 17.2 Å². The Bertz CT molecular complexity index is 1420. The van der Waals surface area contributed by atoms with E-state index in [4.69, 9.17) is 14.2 Å². The summed E-state index contributed by atoms with van der Waals surface area (Å²) in [5, 5.41) is 0. The van der Waals surface area contributed by atoms with Gasteiger partial charge in [-0.05, 0) is 86.8 Å². The van der Waals surface area contributed by atoms with Gasteiger partial charge in [0.2, 0.25) is 6.33 Å². The zero-order valence-electron chi connectivity index (χ0n) is 21.8. The Labute approximate surface area is 216 Å². The van der Waals surface area contributed by atoms with Crippen LogP contribution in [0, 0.1) is 27.7 Å². The molecule has 0 radical (unpaired) electrons. The second-order valence-corrected chi connectivity index (χ2v) is 9.11. The molecule has 0 aliphatic heterocycles. The van der Waals surface area contributed by atoms with Crippen molar-refractivity contribution in [2.75, 3.05) is 6.61 Å². The summed E-state index contributed by atoms with van der Waals surface area (Å²) < 4.78 is 21.2. The molecule has 0 spiro atoms. The summed E-state index contributed by atoms with van der Waals surface area (Å²) in [4.78, 5) is 25.5. The van der Waals surface area contributed by atoms with Gasteiger partial charge in [0, 0.05) is 0 Å². The number of imidazole rings is 1. The fourth-order valence-electron chi connectivity index (χ4n) is 3.87. The SMILES string of the molecule is Cc1ccc(C(=O)Oc2cc(C)c(OC(=O)c3ccc(OCCn4cc[n+](C)c4)cc3)c(C)c2C)cc1. The smallest absolute Gasteiger partial charge is 0.343 e. The number of benzene rings is 3. The summed E-state index contributed by atoms with van der Waals surface area (Å²) in [7, 11) is 1.97. The summed E-state index contributed by atoms with van der Waals surface area (Å²) in [5.74, 6) is 0.669. The average Bonchev–Trinajstić information content (AvgIpc) is 3.30. The van der Waals surface area contributed by atoms with E-state index in [0.717, 1.165) is 23.2 Å². The molecule has 0 saturated carbocycles. The van der Waals surface area contributed by atoms with E-state index < -0.39 is 11.9 Å². The number of carbonyl (C=O) groups excluding carboxylic acids is 2. The molecule has 0 aliphatic rings. The Kier molecular flexibility index (Phi) is 7.72. The molecule has 7 heteroatoms. The molecule has 4 aromatic rings. The molecule has 4 rings (SSSR count). The lowest BCUT2D eigenvalue weighted by Crippen LogP contribution is -2.24. The zero-order chi connectivity index (χ0) is 26.5. The predicted molar refractivity (Wildman–Crippen MR) is 139 cm³/mol. The van der Waals surface area contributed by atoms with Crippen molar-refractivity contribution in [3.05, 3.63) is 107 Å². The van der Waals surface area contributed by atoms with Crippen LogP contribution in [0.2, 0.25) is 0 Å². The van der Waals surface area contributed by atoms with Gasteiger partial charge in [-0.1, -0.05) is 17.7 Å². The van der Waals surface area contributed by atoms with Crippen molar-refractivity contribution in [2.45, 2.75) is 34.2 Å². The number of carbonyl (C=O) groups is 2. The monoisotopic (exact) mass is 499 g/mol. The Balaban J connectivity index is 1.40. The van der Waals surface area contributed by atoms with E-state index in [0.29, 0.717) is 40.5 Å². The lowest BCUT2D eigenvalue weighted by atomic mass is 10.0. The van der Waals surface area contributed by atoms with Crippen molar-refractivity contribution >= 4 is 11.9 Å². The first-order chi connectivity index (χ1) is 17.7. The van der Waals surface area contributed by atoms with E-state index in [1.54, 1.807) is 42.5 Å². The lowest BCUT2D eigenvalue weighted by Gasteiger charge is -2.16. The van der Waals surface area contributed by atoms with Crippen LogP contribution < -0.4 is 18.8 Å². The fourth-order valence-corrected chi connectivity index (χ4v) is 3.87. The Hall–Kier alpha value is -4.39. The maximum atomic E-state index is 12.9. The van der Waals surface area contributed by atoms with Crippen molar-refractivity contribution in [3.8, 4) is 17.2 Å². The number of hydrogen-bond donors (Lipinski definition) is 0. The summed E-state index contributed by atoms with van der Waals surface area (Å²) >= 11 is 0. The van der Waals surface area contributed by atoms with Gasteiger partial charge in [-0.25, -0.2) is 18.7 Å². The largest absolute Gasteiger partial charge is 0.489 e. The van der Waals surface area contributed by atoms with Gasteiger partial charge >= 0.3 is 11.9 Å². The van der Waals surface area contributed by atoms with Gasteiger partial charge in [0.1, 0.15) is 42.8 Å². The van der Waals surface area contributed by atoms with Crippen LogP contribution in [-0.4, -0.2) is 23.1 Å². The van der Waals surface area contributed by atoms with Gasteiger partial charge in [0.25, 0.3) is 0 Å². The third-order valence-electron chi connectivity index (χ3n) is 6.20. The summed E-state index contributed by atoms with van der Waals surface area (Å²) in [6.45, 7) is 8.69. The molecule has 0 bridgehead atoms. The maximum absolute atomic E-state index is 12.9. The third-order valence-corrected chi connectivity index (χ3v) is 6.20. The number of rotatable bonds is 8. The van der Waals surface area contributed by atoms with E-state index in [1.807, 2.05) is 74.7 Å². The van der Waals surface area contributed by atoms with Crippen molar-refractivity contribution in [3.63, 3.8) is 0 Å². The predicted octanol–water partition coefficient (Wildman–Crippen LogP) is 5.06. The molecule has 3 aromatic carbocycles. The summed E-state index contributed by atoms with van der Waals surface area (Å²) in [6, 6.07) is 15.8. The number of aryl methyl sites for hydroxylation is 3. The first kappa shape index (κ1) is 25.7. The van der Waals surface area contributed by atoms with Crippen molar-refractivity contribution in [1.82, 2.24) is 4.57 Å². The molecular weight excluding hydrogens is 468 g/mol. The molecule has 0 atom stereocenters. The molecule has 7 nitrogen and oxygen atoms in total. The molecule has 0 unspecified atom stereocenters. The molecule has 37 heavy (non-hydrogen) atoms. The molecule has 0 N–H and O–H groups in total. The topological polar surface area (TPSA) is 70.6 Å². The van der Waals surface area contributed by atoms with Crippen LogP contribution in [0.1, 0.15) is 43.0 Å². The van der Waals surface area contributed by atoms with E-state index in [2.05, 4.69) is 0 Å². The lowest BCUT2D eigenvalue weighted by molar-refractivity contribution is -0.671. The molecule has 0 saturated heterocycles. The molecule has 1 aromatic heterocycles. The zero-order valence-corrected chi connectivity index (χ0v) is 21.8. The van der Waals surface area contributed by atoms with Gasteiger partial charge < -0.3 is 14.2 Å². The highest BCUT2D eigenvalue weighted by molar-refractivity contribution is 5.92. The van der Waals surface area contributed by atoms with Gasteiger partial charge in [-0.3, -0.25) is 0 Å². The van der Waals surface area contributed by atoms with Gasteiger partial charge in [0.05, 0.1) is 18.2 Å². The molecule has 0 amide bonds. The second kappa shape index (κ2) is 11.1. The standard InChI is InChI=1S/C30H31N2O5/c1-20-6-8-24(9-7-20)29(33)36-27-18-21(2)28(23(4)22(27)3)37-30(34)25-10-12-26(13-11-25)35-17-16-32-15-14-31(5)19-32/h6-15,18-19H,16-17H2,1-5H3/q+1. The Morgan fingerprint density at radius 2 is 1.46 bits per heavy atom.